The van der Waals surface area contributed by atoms with Gasteiger partial charge in [0.1, 0.15) is 0 Å². The second kappa shape index (κ2) is 12.4. The van der Waals surface area contributed by atoms with Crippen LogP contribution in [0.4, 0.5) is 0 Å². The molecule has 0 radical (unpaired) electrons. The number of rotatable bonds is 13. The van der Waals surface area contributed by atoms with Gasteiger partial charge in [-0.2, -0.15) is 0 Å². The van der Waals surface area contributed by atoms with E-state index in [0.717, 1.165) is 12.3 Å². The molecule has 0 bridgehead atoms. The minimum atomic E-state index is -1.87. The number of hydrogen-bond donors (Lipinski definition) is 1. The molecular weight excluding hydrogens is 239 g/mol. The molecule has 0 unspecified atom stereocenters. The van der Waals surface area contributed by atoms with E-state index >= 15 is 0 Å². The van der Waals surface area contributed by atoms with Crippen LogP contribution in [0, 0.1) is 0 Å². The SMILES string of the molecule is CCCCCC[PH](O)(CCCCC)CCCCC. The van der Waals surface area contributed by atoms with E-state index in [1.807, 2.05) is 0 Å². The summed E-state index contributed by atoms with van der Waals surface area (Å²) in [4.78, 5) is 10.9. The summed E-state index contributed by atoms with van der Waals surface area (Å²) in [6.07, 6.45) is 16.4. The molecule has 0 saturated heterocycles. The average molecular weight is 276 g/mol. The van der Waals surface area contributed by atoms with Crippen LogP contribution in [0.2, 0.25) is 0 Å². The van der Waals surface area contributed by atoms with Gasteiger partial charge in [0.15, 0.2) is 0 Å². The van der Waals surface area contributed by atoms with Gasteiger partial charge in [0.25, 0.3) is 0 Å². The zero-order chi connectivity index (χ0) is 13.7. The number of unbranched alkanes of at least 4 members (excludes halogenated alkanes) is 7. The van der Waals surface area contributed by atoms with E-state index in [2.05, 4.69) is 20.8 Å². The first-order chi connectivity index (χ1) is 8.68. The Morgan fingerprint density at radius 3 is 1.28 bits per heavy atom. The molecule has 0 aliphatic carbocycles. The summed E-state index contributed by atoms with van der Waals surface area (Å²) in [5.74, 6) is 0. The molecule has 0 atom stereocenters. The quantitative estimate of drug-likeness (QED) is 0.343. The third-order valence-electron chi connectivity index (χ3n) is 3.99. The van der Waals surface area contributed by atoms with Crippen LogP contribution >= 0.6 is 7.49 Å². The van der Waals surface area contributed by atoms with Gasteiger partial charge in [0.05, 0.1) is 0 Å². The van der Waals surface area contributed by atoms with Crippen molar-refractivity contribution in [1.29, 1.82) is 0 Å². The topological polar surface area (TPSA) is 20.2 Å². The second-order valence-corrected chi connectivity index (χ2v) is 9.90. The Labute approximate surface area is 116 Å². The summed E-state index contributed by atoms with van der Waals surface area (Å²) in [5.41, 5.74) is 0. The first kappa shape index (κ1) is 18.4. The molecule has 0 rings (SSSR count). The fraction of sp³-hybridized carbons (Fsp3) is 1.00. The Kier molecular flexibility index (Phi) is 12.7. The summed E-state index contributed by atoms with van der Waals surface area (Å²) >= 11 is 0. The van der Waals surface area contributed by atoms with Gasteiger partial charge in [-0.25, -0.2) is 0 Å². The molecule has 112 valence electrons. The molecule has 0 heterocycles. The maximum atomic E-state index is 10.9. The van der Waals surface area contributed by atoms with Crippen LogP contribution < -0.4 is 0 Å². The molecule has 0 aromatic heterocycles. The van der Waals surface area contributed by atoms with Crippen molar-refractivity contribution in [2.75, 3.05) is 18.5 Å². The Morgan fingerprint density at radius 2 is 0.889 bits per heavy atom. The number of hydrogen-bond acceptors (Lipinski definition) is 1. The van der Waals surface area contributed by atoms with Crippen molar-refractivity contribution in [3.63, 3.8) is 0 Å². The molecular formula is C16H37OP. The van der Waals surface area contributed by atoms with E-state index in [4.69, 9.17) is 0 Å². The molecule has 0 aliphatic heterocycles. The van der Waals surface area contributed by atoms with Crippen LogP contribution in [0.3, 0.4) is 0 Å². The summed E-state index contributed by atoms with van der Waals surface area (Å²) in [6, 6.07) is 0. The Morgan fingerprint density at radius 1 is 0.556 bits per heavy atom. The molecule has 1 N–H and O–H groups in total. The standard InChI is InChI=1S/C16H37OP/c1-4-7-10-13-16-18(17,14-11-8-5-2)15-12-9-6-3/h17-18H,4-16H2,1-3H3. The molecule has 0 fully saturated rings. The zero-order valence-electron chi connectivity index (χ0n) is 13.1. The zero-order valence-corrected chi connectivity index (χ0v) is 14.1. The normalized spacial score (nSPS) is 12.9. The third-order valence-corrected chi connectivity index (χ3v) is 7.84. The second-order valence-electron chi connectivity index (χ2n) is 5.95. The van der Waals surface area contributed by atoms with Gasteiger partial charge in [-0.1, -0.05) is 0 Å². The molecule has 2 heteroatoms. The molecule has 0 amide bonds. The van der Waals surface area contributed by atoms with Crippen molar-refractivity contribution in [3.05, 3.63) is 0 Å². The van der Waals surface area contributed by atoms with Gasteiger partial charge in [0.2, 0.25) is 0 Å². The van der Waals surface area contributed by atoms with Gasteiger partial charge in [0, 0.05) is 0 Å². The summed E-state index contributed by atoms with van der Waals surface area (Å²) < 4.78 is 0. The first-order valence-electron chi connectivity index (χ1n) is 8.41. The average Bonchev–Trinajstić information content (AvgIpc) is 2.36. The molecule has 1 nitrogen and oxygen atoms in total. The summed E-state index contributed by atoms with van der Waals surface area (Å²) in [5, 5.41) is 0. The molecule has 0 aromatic carbocycles. The fourth-order valence-electron chi connectivity index (χ4n) is 2.66. The predicted molar refractivity (Wildman–Crippen MR) is 88.3 cm³/mol. The van der Waals surface area contributed by atoms with Crippen molar-refractivity contribution in [2.24, 2.45) is 0 Å². The third kappa shape index (κ3) is 10.3. The predicted octanol–water partition coefficient (Wildman–Crippen LogP) is 5.60. The van der Waals surface area contributed by atoms with Crippen LogP contribution in [0.15, 0.2) is 0 Å². The van der Waals surface area contributed by atoms with Gasteiger partial charge in [-0.05, 0) is 0 Å². The first-order valence-corrected chi connectivity index (χ1v) is 11.0. The van der Waals surface area contributed by atoms with Crippen LogP contribution in [0.1, 0.15) is 85.0 Å². The van der Waals surface area contributed by atoms with Crippen molar-refractivity contribution in [3.8, 4) is 0 Å². The summed E-state index contributed by atoms with van der Waals surface area (Å²) in [6.45, 7) is 6.75. The van der Waals surface area contributed by atoms with Crippen LogP contribution in [0.25, 0.3) is 0 Å². The van der Waals surface area contributed by atoms with E-state index in [1.54, 1.807) is 0 Å². The van der Waals surface area contributed by atoms with Gasteiger partial charge in [-0.3, -0.25) is 0 Å². The van der Waals surface area contributed by atoms with Crippen molar-refractivity contribution in [1.82, 2.24) is 0 Å². The van der Waals surface area contributed by atoms with Crippen LogP contribution in [-0.4, -0.2) is 23.4 Å². The molecule has 0 aromatic rings. The fourth-order valence-corrected chi connectivity index (χ4v) is 6.14. The molecule has 0 spiro atoms. The molecule has 18 heavy (non-hydrogen) atoms. The van der Waals surface area contributed by atoms with Crippen LogP contribution in [0.5, 0.6) is 0 Å². The molecule has 0 aliphatic rings. The maximum absolute atomic E-state index is 10.9. The van der Waals surface area contributed by atoms with Crippen molar-refractivity contribution >= 4 is 7.49 Å². The van der Waals surface area contributed by atoms with E-state index in [0.29, 0.717) is 0 Å². The van der Waals surface area contributed by atoms with E-state index in [9.17, 15) is 4.89 Å². The van der Waals surface area contributed by atoms with E-state index < -0.39 is 7.49 Å². The van der Waals surface area contributed by atoms with E-state index in [-0.39, 0.29) is 0 Å². The Hall–Kier alpha value is 0.390. The summed E-state index contributed by atoms with van der Waals surface area (Å²) in [7, 11) is -1.87. The van der Waals surface area contributed by atoms with Crippen molar-refractivity contribution < 1.29 is 4.89 Å². The molecule has 0 saturated carbocycles. The van der Waals surface area contributed by atoms with Gasteiger partial charge in [-0.15, -0.1) is 0 Å². The van der Waals surface area contributed by atoms with Crippen LogP contribution in [-0.2, 0) is 0 Å². The van der Waals surface area contributed by atoms with Gasteiger partial charge >= 0.3 is 116 Å². The Balaban J connectivity index is 3.95. The van der Waals surface area contributed by atoms with Gasteiger partial charge < -0.3 is 0 Å². The monoisotopic (exact) mass is 276 g/mol. The Bertz CT molecular complexity index is 160. The minimum absolute atomic E-state index is 1.16. The van der Waals surface area contributed by atoms with Crippen molar-refractivity contribution in [2.45, 2.75) is 85.0 Å². The van der Waals surface area contributed by atoms with E-state index in [1.165, 1.54) is 70.4 Å².